The van der Waals surface area contributed by atoms with Crippen LogP contribution < -0.4 is 5.32 Å². The third-order valence-corrected chi connectivity index (χ3v) is 2.89. The molecule has 0 aliphatic rings. The summed E-state index contributed by atoms with van der Waals surface area (Å²) in [5.41, 5.74) is 0.984. The number of aliphatic carboxylic acids is 1. The second-order valence-corrected chi connectivity index (χ2v) is 4.77. The van der Waals surface area contributed by atoms with Crippen molar-refractivity contribution in [3.63, 3.8) is 0 Å². The molecule has 18 heavy (non-hydrogen) atoms. The molecule has 6 heteroatoms. The van der Waals surface area contributed by atoms with E-state index in [0.29, 0.717) is 6.54 Å². The number of amides is 2. The predicted octanol–water partition coefficient (Wildman–Crippen LogP) is 2.07. The van der Waals surface area contributed by atoms with Gasteiger partial charge in [-0.1, -0.05) is 28.1 Å². The van der Waals surface area contributed by atoms with Gasteiger partial charge in [-0.25, -0.2) is 4.79 Å². The van der Waals surface area contributed by atoms with Crippen LogP contribution in [0.3, 0.4) is 0 Å². The zero-order chi connectivity index (χ0) is 13.5. The highest BCUT2D eigenvalue weighted by atomic mass is 79.9. The zero-order valence-corrected chi connectivity index (χ0v) is 11.6. The largest absolute Gasteiger partial charge is 0.481 e. The summed E-state index contributed by atoms with van der Waals surface area (Å²) in [6.45, 7) is 0.616. The van der Waals surface area contributed by atoms with Gasteiger partial charge in [0.2, 0.25) is 0 Å². The normalized spacial score (nSPS) is 9.89. The first-order chi connectivity index (χ1) is 8.49. The Balaban J connectivity index is 2.36. The molecule has 0 aliphatic heterocycles. The van der Waals surface area contributed by atoms with E-state index >= 15 is 0 Å². The second-order valence-electron chi connectivity index (χ2n) is 3.85. The first kappa shape index (κ1) is 14.5. The van der Waals surface area contributed by atoms with Gasteiger partial charge in [0.15, 0.2) is 0 Å². The minimum atomic E-state index is -0.914. The van der Waals surface area contributed by atoms with Gasteiger partial charge in [-0.3, -0.25) is 4.79 Å². The lowest BCUT2D eigenvalue weighted by atomic mass is 10.2. The fourth-order valence-electron chi connectivity index (χ4n) is 1.28. The monoisotopic (exact) mass is 314 g/mol. The highest BCUT2D eigenvalue weighted by Gasteiger charge is 2.09. The van der Waals surface area contributed by atoms with Gasteiger partial charge in [-0.15, -0.1) is 0 Å². The van der Waals surface area contributed by atoms with E-state index in [4.69, 9.17) is 5.11 Å². The minimum absolute atomic E-state index is 0.0534. The zero-order valence-electron chi connectivity index (χ0n) is 10.0. The Hall–Kier alpha value is -1.56. The quantitative estimate of drug-likeness (QED) is 0.874. The van der Waals surface area contributed by atoms with Crippen molar-refractivity contribution < 1.29 is 14.7 Å². The van der Waals surface area contributed by atoms with Crippen molar-refractivity contribution in [2.75, 3.05) is 13.6 Å². The number of hydrogen-bond acceptors (Lipinski definition) is 2. The fraction of sp³-hybridized carbons (Fsp3) is 0.333. The molecule has 98 valence electrons. The number of nitrogens with zero attached hydrogens (tertiary/aromatic N) is 1. The van der Waals surface area contributed by atoms with Crippen LogP contribution in [0.25, 0.3) is 0 Å². The lowest BCUT2D eigenvalue weighted by Gasteiger charge is -2.16. The third kappa shape index (κ3) is 5.18. The average molecular weight is 315 g/mol. The second kappa shape index (κ2) is 7.00. The van der Waals surface area contributed by atoms with Gasteiger partial charge in [0, 0.05) is 24.6 Å². The maximum Gasteiger partial charge on any atom is 0.317 e. The van der Waals surface area contributed by atoms with E-state index in [1.54, 1.807) is 7.05 Å². The molecule has 0 fully saturated rings. The number of urea groups is 1. The molecule has 2 amide bonds. The smallest absolute Gasteiger partial charge is 0.317 e. The van der Waals surface area contributed by atoms with Crippen LogP contribution in [0.4, 0.5) is 4.79 Å². The molecule has 0 unspecified atom stereocenters. The van der Waals surface area contributed by atoms with E-state index in [2.05, 4.69) is 21.2 Å². The molecule has 0 aliphatic carbocycles. The third-order valence-electron chi connectivity index (χ3n) is 2.36. The molecule has 0 aromatic heterocycles. The van der Waals surface area contributed by atoms with Crippen molar-refractivity contribution in [2.45, 2.75) is 13.0 Å². The molecular formula is C12H15BrN2O3. The Morgan fingerprint density at radius 3 is 2.50 bits per heavy atom. The van der Waals surface area contributed by atoms with Crippen LogP contribution in [0.15, 0.2) is 28.7 Å². The van der Waals surface area contributed by atoms with Crippen molar-refractivity contribution in [3.05, 3.63) is 34.3 Å². The highest BCUT2D eigenvalue weighted by molar-refractivity contribution is 9.10. The average Bonchev–Trinajstić information content (AvgIpc) is 2.34. The SMILES string of the molecule is CN(CCC(=O)O)C(=O)NCc1ccc(Br)cc1. The van der Waals surface area contributed by atoms with E-state index < -0.39 is 5.97 Å². The van der Waals surface area contributed by atoms with Crippen molar-refractivity contribution in [1.29, 1.82) is 0 Å². The standard InChI is InChI=1S/C12H15BrN2O3/c1-15(7-6-11(16)17)12(18)14-8-9-2-4-10(13)5-3-9/h2-5H,6-8H2,1H3,(H,14,18)(H,16,17). The van der Waals surface area contributed by atoms with Crippen LogP contribution in [-0.4, -0.2) is 35.6 Å². The minimum Gasteiger partial charge on any atom is -0.481 e. The maximum atomic E-state index is 11.6. The van der Waals surface area contributed by atoms with Gasteiger partial charge in [0.1, 0.15) is 0 Å². The molecule has 0 heterocycles. The van der Waals surface area contributed by atoms with E-state index in [0.717, 1.165) is 10.0 Å². The predicted molar refractivity (Wildman–Crippen MR) is 71.3 cm³/mol. The van der Waals surface area contributed by atoms with Gasteiger partial charge in [-0.2, -0.15) is 0 Å². The molecule has 5 nitrogen and oxygen atoms in total. The molecule has 0 bridgehead atoms. The number of nitrogens with one attached hydrogen (secondary N) is 1. The van der Waals surface area contributed by atoms with Gasteiger partial charge in [0.25, 0.3) is 0 Å². The fourth-order valence-corrected chi connectivity index (χ4v) is 1.54. The van der Waals surface area contributed by atoms with Crippen molar-refractivity contribution in [2.24, 2.45) is 0 Å². The van der Waals surface area contributed by atoms with Gasteiger partial charge >= 0.3 is 12.0 Å². The summed E-state index contributed by atoms with van der Waals surface area (Å²) >= 11 is 3.33. The number of rotatable bonds is 5. The highest BCUT2D eigenvalue weighted by Crippen LogP contribution is 2.10. The summed E-state index contributed by atoms with van der Waals surface area (Å²) in [5, 5.41) is 11.2. The number of halogens is 1. The Labute approximate surface area is 114 Å². The van der Waals surface area contributed by atoms with Crippen LogP contribution in [-0.2, 0) is 11.3 Å². The molecule has 1 rings (SSSR count). The lowest BCUT2D eigenvalue weighted by molar-refractivity contribution is -0.137. The summed E-state index contributed by atoms with van der Waals surface area (Å²) in [7, 11) is 1.57. The molecule has 1 aromatic carbocycles. The van der Waals surface area contributed by atoms with E-state index in [1.165, 1.54) is 4.90 Å². The van der Waals surface area contributed by atoms with Crippen LogP contribution in [0.1, 0.15) is 12.0 Å². The van der Waals surface area contributed by atoms with Crippen LogP contribution in [0.2, 0.25) is 0 Å². The molecule has 0 radical (unpaired) electrons. The van der Waals surface area contributed by atoms with Crippen LogP contribution in [0.5, 0.6) is 0 Å². The van der Waals surface area contributed by atoms with E-state index in [-0.39, 0.29) is 19.0 Å². The van der Waals surface area contributed by atoms with Crippen molar-refractivity contribution in [3.8, 4) is 0 Å². The Kier molecular flexibility index (Phi) is 5.64. The van der Waals surface area contributed by atoms with E-state index in [9.17, 15) is 9.59 Å². The topological polar surface area (TPSA) is 69.6 Å². The molecule has 0 saturated carbocycles. The summed E-state index contributed by atoms with van der Waals surface area (Å²) in [5.74, 6) is -0.914. The molecule has 0 spiro atoms. The van der Waals surface area contributed by atoms with Crippen LogP contribution in [0, 0.1) is 0 Å². The van der Waals surface area contributed by atoms with Gasteiger partial charge in [0.05, 0.1) is 6.42 Å². The number of carbonyl (C=O) groups is 2. The van der Waals surface area contributed by atoms with E-state index in [1.807, 2.05) is 24.3 Å². The Morgan fingerprint density at radius 2 is 1.94 bits per heavy atom. The molecule has 2 N–H and O–H groups in total. The number of hydrogen-bond donors (Lipinski definition) is 2. The molecule has 0 saturated heterocycles. The number of carbonyl (C=O) groups excluding carboxylic acids is 1. The molecule has 0 atom stereocenters. The summed E-state index contributed by atoms with van der Waals surface area (Å²) in [6, 6.07) is 7.33. The number of carboxylic acid groups (broad SMARTS) is 1. The Bertz CT molecular complexity index is 420. The van der Waals surface area contributed by atoms with Gasteiger partial charge < -0.3 is 15.3 Å². The summed E-state index contributed by atoms with van der Waals surface area (Å²) < 4.78 is 0.983. The molecule has 1 aromatic rings. The first-order valence-electron chi connectivity index (χ1n) is 5.44. The maximum absolute atomic E-state index is 11.6. The number of benzene rings is 1. The molecular weight excluding hydrogens is 300 g/mol. The number of carboxylic acids is 1. The summed E-state index contributed by atoms with van der Waals surface area (Å²) in [6.07, 6.45) is -0.0534. The van der Waals surface area contributed by atoms with Crippen LogP contribution >= 0.6 is 15.9 Å². The van der Waals surface area contributed by atoms with Crippen molar-refractivity contribution in [1.82, 2.24) is 10.2 Å². The van der Waals surface area contributed by atoms with Gasteiger partial charge in [-0.05, 0) is 17.7 Å². The Morgan fingerprint density at radius 1 is 1.33 bits per heavy atom. The summed E-state index contributed by atoms with van der Waals surface area (Å²) in [4.78, 5) is 23.3. The lowest BCUT2D eigenvalue weighted by Crippen LogP contribution is -2.37. The van der Waals surface area contributed by atoms with Crippen molar-refractivity contribution >= 4 is 27.9 Å². The first-order valence-corrected chi connectivity index (χ1v) is 6.23.